The highest BCUT2D eigenvalue weighted by Gasteiger charge is 2.36. The molecule has 4 heterocycles. The third-order valence-corrected chi connectivity index (χ3v) is 4.47. The molecule has 3 aromatic rings. The molecule has 0 amide bonds. The van der Waals surface area contributed by atoms with Crippen LogP contribution in [0, 0.1) is 0 Å². The Hall–Kier alpha value is -2.72. The molecule has 1 unspecified atom stereocenters. The van der Waals surface area contributed by atoms with Crippen LogP contribution in [0.15, 0.2) is 30.5 Å². The average Bonchev–Trinajstić information content (AvgIpc) is 3.11. The highest BCUT2D eigenvalue weighted by Crippen LogP contribution is 2.38. The van der Waals surface area contributed by atoms with E-state index in [1.54, 1.807) is 18.3 Å². The third kappa shape index (κ3) is 3.33. The normalized spacial score (nSPS) is 18.2. The van der Waals surface area contributed by atoms with Crippen LogP contribution >= 0.6 is 0 Å². The summed E-state index contributed by atoms with van der Waals surface area (Å²) in [4.78, 5) is 10.3. The molecule has 0 aromatic carbocycles. The largest absolute Gasteiger partial charge is 0.418 e. The van der Waals surface area contributed by atoms with Crippen LogP contribution in [0.1, 0.15) is 5.56 Å². The summed E-state index contributed by atoms with van der Waals surface area (Å²) in [6, 6.07) is 5.72. The first-order chi connectivity index (χ1) is 13.0. The van der Waals surface area contributed by atoms with Crippen molar-refractivity contribution in [1.29, 1.82) is 0 Å². The highest BCUT2D eigenvalue weighted by molar-refractivity contribution is 5.90. The molecule has 1 fully saturated rings. The van der Waals surface area contributed by atoms with E-state index in [4.69, 9.17) is 10.5 Å². The molecular formula is C17H17F3N6O. The number of aromatic amines is 1. The van der Waals surface area contributed by atoms with Crippen molar-refractivity contribution in [1.82, 2.24) is 20.2 Å². The number of H-pyrrole nitrogens is 1. The van der Waals surface area contributed by atoms with Crippen LogP contribution in [-0.2, 0) is 10.9 Å². The first-order valence-electron chi connectivity index (χ1n) is 8.41. The highest BCUT2D eigenvalue weighted by atomic mass is 19.4. The minimum atomic E-state index is -4.56. The Kier molecular flexibility index (Phi) is 4.44. The molecule has 1 saturated heterocycles. The second kappa shape index (κ2) is 6.78. The second-order valence-electron chi connectivity index (χ2n) is 6.21. The number of aromatic nitrogens is 4. The fraction of sp³-hybridized carbons (Fsp3) is 0.353. The Labute approximate surface area is 152 Å². The lowest BCUT2D eigenvalue weighted by Crippen LogP contribution is -2.46. The van der Waals surface area contributed by atoms with Crippen molar-refractivity contribution in [3.63, 3.8) is 0 Å². The number of nitrogens with one attached hydrogen (secondary N) is 1. The van der Waals surface area contributed by atoms with E-state index in [9.17, 15) is 13.2 Å². The number of hydrogen-bond acceptors (Lipinski definition) is 6. The van der Waals surface area contributed by atoms with Gasteiger partial charge >= 0.3 is 6.18 Å². The van der Waals surface area contributed by atoms with Gasteiger partial charge in [0.1, 0.15) is 17.2 Å². The Morgan fingerprint density at radius 1 is 1.26 bits per heavy atom. The number of pyridine rings is 2. The number of fused-ring (bicyclic) bond motifs is 1. The first-order valence-corrected chi connectivity index (χ1v) is 8.41. The molecule has 1 aliphatic rings. The summed E-state index contributed by atoms with van der Waals surface area (Å²) in [6.45, 7) is 1.77. The van der Waals surface area contributed by atoms with Crippen LogP contribution in [0.25, 0.3) is 22.4 Å². The van der Waals surface area contributed by atoms with Gasteiger partial charge in [0.05, 0.1) is 18.3 Å². The van der Waals surface area contributed by atoms with Gasteiger partial charge in [-0.3, -0.25) is 5.10 Å². The number of rotatable bonds is 3. The zero-order valence-electron chi connectivity index (χ0n) is 14.2. The van der Waals surface area contributed by atoms with E-state index in [2.05, 4.69) is 20.2 Å². The molecule has 3 aromatic heterocycles. The van der Waals surface area contributed by atoms with Crippen molar-refractivity contribution in [2.24, 2.45) is 5.73 Å². The fourth-order valence-electron chi connectivity index (χ4n) is 3.14. The van der Waals surface area contributed by atoms with Gasteiger partial charge in [0, 0.05) is 31.2 Å². The van der Waals surface area contributed by atoms with Crippen molar-refractivity contribution >= 4 is 16.9 Å². The monoisotopic (exact) mass is 378 g/mol. The number of hydrogen-bond donors (Lipinski definition) is 2. The molecule has 10 heteroatoms. The minimum Gasteiger partial charge on any atom is -0.373 e. The summed E-state index contributed by atoms with van der Waals surface area (Å²) < 4.78 is 46.3. The van der Waals surface area contributed by atoms with Gasteiger partial charge < -0.3 is 15.4 Å². The van der Waals surface area contributed by atoms with Gasteiger partial charge in [0.2, 0.25) is 0 Å². The average molecular weight is 378 g/mol. The number of halogens is 3. The van der Waals surface area contributed by atoms with E-state index in [0.29, 0.717) is 43.1 Å². The number of morpholine rings is 1. The number of alkyl halides is 3. The summed E-state index contributed by atoms with van der Waals surface area (Å²) in [5.41, 5.74) is 5.11. The van der Waals surface area contributed by atoms with Crippen LogP contribution in [0.3, 0.4) is 0 Å². The lowest BCUT2D eigenvalue weighted by atomic mass is 10.1. The van der Waals surface area contributed by atoms with Crippen molar-refractivity contribution in [2.45, 2.75) is 12.3 Å². The maximum Gasteiger partial charge on any atom is 0.418 e. The van der Waals surface area contributed by atoms with E-state index in [-0.39, 0.29) is 17.5 Å². The van der Waals surface area contributed by atoms with Crippen molar-refractivity contribution in [3.05, 3.63) is 36.0 Å². The van der Waals surface area contributed by atoms with E-state index in [1.807, 2.05) is 4.90 Å². The quantitative estimate of drug-likeness (QED) is 0.726. The van der Waals surface area contributed by atoms with Gasteiger partial charge in [-0.15, -0.1) is 0 Å². The Balaban J connectivity index is 1.83. The van der Waals surface area contributed by atoms with Crippen LogP contribution < -0.4 is 10.6 Å². The molecular weight excluding hydrogens is 361 g/mol. The SMILES string of the molecule is NCC1CN(c2ccc(C(F)(F)F)c(-c3n[nH]c4ncccc34)n2)CCO1. The van der Waals surface area contributed by atoms with E-state index in [1.165, 1.54) is 6.07 Å². The molecule has 0 aliphatic carbocycles. The molecule has 1 aliphatic heterocycles. The van der Waals surface area contributed by atoms with Gasteiger partial charge in [-0.1, -0.05) is 0 Å². The minimum absolute atomic E-state index is 0.121. The molecule has 0 radical (unpaired) electrons. The van der Waals surface area contributed by atoms with Crippen LogP contribution in [0.4, 0.5) is 19.0 Å². The summed E-state index contributed by atoms with van der Waals surface area (Å²) >= 11 is 0. The van der Waals surface area contributed by atoms with Gasteiger partial charge in [0.25, 0.3) is 0 Å². The molecule has 7 nitrogen and oxygen atoms in total. The summed E-state index contributed by atoms with van der Waals surface area (Å²) in [5.74, 6) is 0.430. The van der Waals surface area contributed by atoms with Crippen LogP contribution in [0.2, 0.25) is 0 Å². The third-order valence-electron chi connectivity index (χ3n) is 4.47. The van der Waals surface area contributed by atoms with Gasteiger partial charge in [-0.2, -0.15) is 18.3 Å². The van der Waals surface area contributed by atoms with Crippen LogP contribution in [-0.4, -0.2) is 52.5 Å². The lowest BCUT2D eigenvalue weighted by molar-refractivity contribution is -0.137. The zero-order chi connectivity index (χ0) is 19.0. The van der Waals surface area contributed by atoms with E-state index >= 15 is 0 Å². The van der Waals surface area contributed by atoms with Gasteiger partial charge in [-0.25, -0.2) is 9.97 Å². The van der Waals surface area contributed by atoms with Crippen molar-refractivity contribution in [3.8, 4) is 11.4 Å². The Bertz CT molecular complexity index is 957. The van der Waals surface area contributed by atoms with Crippen molar-refractivity contribution in [2.75, 3.05) is 31.1 Å². The molecule has 27 heavy (non-hydrogen) atoms. The topological polar surface area (TPSA) is 93.0 Å². The van der Waals surface area contributed by atoms with Gasteiger partial charge in [0.15, 0.2) is 5.65 Å². The van der Waals surface area contributed by atoms with Crippen LogP contribution in [0.5, 0.6) is 0 Å². The van der Waals surface area contributed by atoms with E-state index in [0.717, 1.165) is 6.07 Å². The predicted molar refractivity (Wildman–Crippen MR) is 93.1 cm³/mol. The predicted octanol–water partition coefficient (Wildman–Crippen LogP) is 2.20. The molecule has 0 saturated carbocycles. The number of anilines is 1. The molecule has 0 bridgehead atoms. The van der Waals surface area contributed by atoms with Crippen molar-refractivity contribution < 1.29 is 17.9 Å². The summed E-state index contributed by atoms with van der Waals surface area (Å²) in [5, 5.41) is 7.19. The number of ether oxygens (including phenoxy) is 1. The maximum atomic E-state index is 13.6. The second-order valence-corrected chi connectivity index (χ2v) is 6.21. The summed E-state index contributed by atoms with van der Waals surface area (Å²) in [7, 11) is 0. The first kappa shape index (κ1) is 17.7. The van der Waals surface area contributed by atoms with E-state index < -0.39 is 11.7 Å². The smallest absolute Gasteiger partial charge is 0.373 e. The Morgan fingerprint density at radius 2 is 2.11 bits per heavy atom. The molecule has 4 rings (SSSR count). The molecule has 3 N–H and O–H groups in total. The fourth-order valence-corrected chi connectivity index (χ4v) is 3.14. The number of nitrogens with zero attached hydrogens (tertiary/aromatic N) is 4. The lowest BCUT2D eigenvalue weighted by Gasteiger charge is -2.33. The molecule has 0 spiro atoms. The Morgan fingerprint density at radius 3 is 2.89 bits per heavy atom. The standard InChI is InChI=1S/C17H17F3N6O/c18-17(19,20)12-3-4-13(26-6-7-27-10(8-21)9-26)23-15(12)14-11-2-1-5-22-16(11)25-24-14/h1-5,10H,6-9,21H2,(H,22,24,25). The molecule has 142 valence electrons. The van der Waals surface area contributed by atoms with Gasteiger partial charge in [-0.05, 0) is 24.3 Å². The molecule has 1 atom stereocenters. The zero-order valence-corrected chi connectivity index (χ0v) is 14.2. The summed E-state index contributed by atoms with van der Waals surface area (Å²) in [6.07, 6.45) is -3.19. The number of nitrogens with two attached hydrogens (primary N) is 1. The maximum absolute atomic E-state index is 13.6.